The molecule has 0 radical (unpaired) electrons. The van der Waals surface area contributed by atoms with Gasteiger partial charge in [-0.3, -0.25) is 14.9 Å². The second kappa shape index (κ2) is 9.58. The van der Waals surface area contributed by atoms with Gasteiger partial charge >= 0.3 is 11.9 Å². The van der Waals surface area contributed by atoms with E-state index in [-0.39, 0.29) is 55.1 Å². The summed E-state index contributed by atoms with van der Waals surface area (Å²) in [4.78, 5) is 29.8. The van der Waals surface area contributed by atoms with Crippen molar-refractivity contribution in [1.82, 2.24) is 25.1 Å². The third-order valence-corrected chi connectivity index (χ3v) is 5.73. The topological polar surface area (TPSA) is 131 Å². The van der Waals surface area contributed by atoms with Gasteiger partial charge in [-0.25, -0.2) is 4.98 Å². The van der Waals surface area contributed by atoms with Crippen LogP contribution in [0.15, 0.2) is 12.4 Å². The van der Waals surface area contributed by atoms with E-state index in [0.29, 0.717) is 5.82 Å². The number of carbonyl (C=O) groups is 1. The Morgan fingerprint density at radius 2 is 2.00 bits per heavy atom. The summed E-state index contributed by atoms with van der Waals surface area (Å²) in [6, 6.07) is 0.661. The van der Waals surface area contributed by atoms with Crippen molar-refractivity contribution in [3.8, 4) is 0 Å². The van der Waals surface area contributed by atoms with Crippen LogP contribution in [0.25, 0.3) is 0 Å². The summed E-state index contributed by atoms with van der Waals surface area (Å²) in [6.07, 6.45) is -2.56. The van der Waals surface area contributed by atoms with Crippen LogP contribution in [0.5, 0.6) is 0 Å². The first-order valence-corrected chi connectivity index (χ1v) is 10.3. The van der Waals surface area contributed by atoms with Crippen LogP contribution in [0.3, 0.4) is 0 Å². The lowest BCUT2D eigenvalue weighted by Gasteiger charge is -2.30. The molecular weight excluding hydrogens is 445 g/mol. The van der Waals surface area contributed by atoms with Crippen LogP contribution in [-0.2, 0) is 13.6 Å². The first-order chi connectivity index (χ1) is 15.5. The Balaban J connectivity index is 1.87. The number of carbonyl (C=O) groups excluding carboxylic acids is 1. The highest BCUT2D eigenvalue weighted by Gasteiger charge is 2.41. The molecule has 0 unspecified atom stereocenters. The molecule has 2 aromatic rings. The van der Waals surface area contributed by atoms with Gasteiger partial charge in [0.1, 0.15) is 12.1 Å². The van der Waals surface area contributed by atoms with E-state index in [1.165, 1.54) is 13.4 Å². The lowest BCUT2D eigenvalue weighted by Crippen LogP contribution is -2.40. The molecule has 14 heteroatoms. The van der Waals surface area contributed by atoms with Gasteiger partial charge < -0.3 is 20.1 Å². The van der Waals surface area contributed by atoms with E-state index < -0.39 is 29.0 Å². The number of alkyl halides is 3. The number of aromatic nitrogens is 4. The van der Waals surface area contributed by atoms with Crippen LogP contribution < -0.4 is 15.5 Å². The molecule has 1 saturated carbocycles. The van der Waals surface area contributed by atoms with Crippen molar-refractivity contribution in [2.24, 2.45) is 13.0 Å². The molecule has 3 rings (SSSR count). The smallest absolute Gasteiger partial charge is 0.367 e. The normalized spacial score (nSPS) is 18.6. The fraction of sp³-hybridized carbons (Fsp3) is 0.579. The highest BCUT2D eigenvalue weighted by molar-refractivity contribution is 6.00. The van der Waals surface area contributed by atoms with E-state index in [4.69, 9.17) is 0 Å². The minimum atomic E-state index is -4.25. The maximum Gasteiger partial charge on any atom is 0.391 e. The van der Waals surface area contributed by atoms with Gasteiger partial charge in [-0.15, -0.1) is 10.2 Å². The van der Waals surface area contributed by atoms with E-state index >= 15 is 0 Å². The quantitative estimate of drug-likeness (QED) is 0.466. The molecule has 0 aliphatic heterocycles. The Morgan fingerprint density at radius 1 is 1.33 bits per heavy atom. The van der Waals surface area contributed by atoms with E-state index in [0.717, 1.165) is 6.07 Å². The van der Waals surface area contributed by atoms with Crippen molar-refractivity contribution in [3.63, 3.8) is 0 Å². The van der Waals surface area contributed by atoms with E-state index in [1.807, 2.05) is 0 Å². The molecule has 1 aliphatic rings. The maximum atomic E-state index is 13.1. The van der Waals surface area contributed by atoms with Gasteiger partial charge in [0.2, 0.25) is 5.82 Å². The second-order valence-corrected chi connectivity index (χ2v) is 8.01. The first-order valence-electron chi connectivity index (χ1n) is 10.3. The number of nitrogens with zero attached hydrogens (tertiary/aromatic N) is 6. The van der Waals surface area contributed by atoms with Gasteiger partial charge in [-0.1, -0.05) is 0 Å². The SMILES string of the molecule is CNc1nc(N(C)Cc2nncn2C)c(C(=O)NC2CCC(C(F)(F)F)CC2)cc1[N+](=O)[O-]. The Morgan fingerprint density at radius 3 is 2.52 bits per heavy atom. The van der Waals surface area contributed by atoms with E-state index in [9.17, 15) is 28.1 Å². The van der Waals surface area contributed by atoms with Gasteiger partial charge in [-0.2, -0.15) is 13.2 Å². The molecule has 33 heavy (non-hydrogen) atoms. The fourth-order valence-electron chi connectivity index (χ4n) is 3.84. The summed E-state index contributed by atoms with van der Waals surface area (Å²) in [5.41, 5.74) is -0.442. The zero-order valence-corrected chi connectivity index (χ0v) is 18.4. The minimum Gasteiger partial charge on any atom is -0.367 e. The van der Waals surface area contributed by atoms with Crippen LogP contribution in [0.4, 0.5) is 30.5 Å². The molecule has 1 amide bonds. The van der Waals surface area contributed by atoms with Gasteiger partial charge in [-0.05, 0) is 25.7 Å². The predicted octanol–water partition coefficient (Wildman–Crippen LogP) is 2.65. The molecule has 0 spiro atoms. The Kier molecular flexibility index (Phi) is 7.03. The molecule has 0 saturated heterocycles. The summed E-state index contributed by atoms with van der Waals surface area (Å²) in [7, 11) is 4.87. The number of aryl methyl sites for hydroxylation is 1. The molecule has 2 heterocycles. The van der Waals surface area contributed by atoms with Gasteiger partial charge in [0.25, 0.3) is 5.91 Å². The van der Waals surface area contributed by atoms with Crippen LogP contribution in [0.2, 0.25) is 0 Å². The average molecular weight is 470 g/mol. The molecule has 180 valence electrons. The minimum absolute atomic E-state index is 0.0259. The van der Waals surface area contributed by atoms with Crippen molar-refractivity contribution >= 4 is 23.2 Å². The number of nitro groups is 1. The number of hydrogen-bond donors (Lipinski definition) is 2. The predicted molar refractivity (Wildman–Crippen MR) is 113 cm³/mol. The van der Waals surface area contributed by atoms with Gasteiger partial charge in [0, 0.05) is 33.3 Å². The third kappa shape index (κ3) is 5.49. The number of halogens is 3. The van der Waals surface area contributed by atoms with Crippen molar-refractivity contribution in [3.05, 3.63) is 33.9 Å². The number of amides is 1. The number of rotatable bonds is 7. The molecule has 1 aliphatic carbocycles. The Labute approximate surface area is 187 Å². The van der Waals surface area contributed by atoms with Crippen LogP contribution >= 0.6 is 0 Å². The number of hydrogen-bond acceptors (Lipinski definition) is 8. The van der Waals surface area contributed by atoms with E-state index in [2.05, 4.69) is 25.8 Å². The largest absolute Gasteiger partial charge is 0.391 e. The first kappa shape index (κ1) is 24.2. The fourth-order valence-corrected chi connectivity index (χ4v) is 3.84. The Bertz CT molecular complexity index is 1020. The monoisotopic (exact) mass is 470 g/mol. The standard InChI is InChI=1S/C19H25F3N8O3/c1-23-16-14(30(32)33)8-13(17(26-16)28(2)9-15-27-24-10-29(15)3)18(31)25-12-6-4-11(5-7-12)19(20,21)22/h8,10-12H,4-7,9H2,1-3H3,(H,23,26)(H,25,31). The molecule has 0 aromatic carbocycles. The van der Waals surface area contributed by atoms with Gasteiger partial charge in [0.15, 0.2) is 5.82 Å². The lowest BCUT2D eigenvalue weighted by molar-refractivity contribution is -0.384. The van der Waals surface area contributed by atoms with Crippen LogP contribution in [0, 0.1) is 16.0 Å². The second-order valence-electron chi connectivity index (χ2n) is 8.01. The Hall–Kier alpha value is -3.45. The number of nitrogens with one attached hydrogen (secondary N) is 2. The van der Waals surface area contributed by atoms with Crippen molar-refractivity contribution in [2.75, 3.05) is 24.3 Å². The van der Waals surface area contributed by atoms with Crippen molar-refractivity contribution in [1.29, 1.82) is 0 Å². The highest BCUT2D eigenvalue weighted by Crippen LogP contribution is 2.38. The zero-order chi connectivity index (χ0) is 24.3. The molecule has 0 atom stereocenters. The molecule has 0 bridgehead atoms. The zero-order valence-electron chi connectivity index (χ0n) is 18.4. The molecule has 2 N–H and O–H groups in total. The summed E-state index contributed by atoms with van der Waals surface area (Å²) < 4.78 is 40.5. The van der Waals surface area contributed by atoms with E-state index in [1.54, 1.807) is 23.6 Å². The molecular formula is C19H25F3N8O3. The summed E-state index contributed by atoms with van der Waals surface area (Å²) in [5.74, 6) is -1.31. The molecule has 11 nitrogen and oxygen atoms in total. The molecule has 2 aromatic heterocycles. The van der Waals surface area contributed by atoms with Crippen molar-refractivity contribution < 1.29 is 22.9 Å². The summed E-state index contributed by atoms with van der Waals surface area (Å²) >= 11 is 0. The summed E-state index contributed by atoms with van der Waals surface area (Å²) in [6.45, 7) is 0.210. The number of pyridine rings is 1. The van der Waals surface area contributed by atoms with Crippen LogP contribution in [0.1, 0.15) is 41.9 Å². The van der Waals surface area contributed by atoms with Gasteiger partial charge in [0.05, 0.1) is 22.9 Å². The van der Waals surface area contributed by atoms with Crippen LogP contribution in [-0.4, -0.2) is 56.9 Å². The molecule has 1 fully saturated rings. The third-order valence-electron chi connectivity index (χ3n) is 5.73. The highest BCUT2D eigenvalue weighted by atomic mass is 19.4. The lowest BCUT2D eigenvalue weighted by atomic mass is 9.85. The average Bonchev–Trinajstić information content (AvgIpc) is 3.16. The maximum absolute atomic E-state index is 13.1. The number of anilines is 2. The van der Waals surface area contributed by atoms with Crippen molar-refractivity contribution in [2.45, 2.75) is 44.4 Å². The summed E-state index contributed by atoms with van der Waals surface area (Å²) in [5, 5.41) is 24.7.